The van der Waals surface area contributed by atoms with Crippen molar-refractivity contribution in [2.24, 2.45) is 0 Å². The molecular formula is C15H17BrN2. The first-order valence-corrected chi connectivity index (χ1v) is 6.83. The molecule has 1 heterocycles. The Bertz CT molecular complexity index is 525. The van der Waals surface area contributed by atoms with E-state index >= 15 is 0 Å². The Hall–Kier alpha value is -1.19. The largest absolute Gasteiger partial charge is 0.313 e. The number of aromatic nitrogens is 1. The second kappa shape index (κ2) is 6.12. The lowest BCUT2D eigenvalue weighted by molar-refractivity contribution is 0.582. The lowest BCUT2D eigenvalue weighted by Gasteiger charge is -2.17. The minimum absolute atomic E-state index is 0.288. The van der Waals surface area contributed by atoms with Crippen LogP contribution in [0.3, 0.4) is 0 Å². The summed E-state index contributed by atoms with van der Waals surface area (Å²) in [6, 6.07) is 12.8. The normalized spacial score (nSPS) is 12.4. The molecule has 0 aliphatic rings. The van der Waals surface area contributed by atoms with Crippen molar-refractivity contribution < 1.29 is 0 Å². The highest BCUT2D eigenvalue weighted by Gasteiger charge is 2.12. The zero-order valence-corrected chi connectivity index (χ0v) is 12.2. The fourth-order valence-corrected chi connectivity index (χ4v) is 2.45. The molecule has 0 aliphatic carbocycles. The Morgan fingerprint density at radius 1 is 1.28 bits per heavy atom. The average Bonchev–Trinajstić information content (AvgIpc) is 2.38. The molecule has 0 spiro atoms. The third kappa shape index (κ3) is 3.18. The smallest absolute Gasteiger partial charge is 0.0451 e. The number of hydrogen-bond donors (Lipinski definition) is 1. The quantitative estimate of drug-likeness (QED) is 0.932. The van der Waals surface area contributed by atoms with Gasteiger partial charge < -0.3 is 5.32 Å². The molecule has 94 valence electrons. The van der Waals surface area contributed by atoms with Crippen molar-refractivity contribution in [3.05, 3.63) is 63.9 Å². The third-order valence-corrected chi connectivity index (χ3v) is 3.61. The van der Waals surface area contributed by atoms with Gasteiger partial charge in [0.1, 0.15) is 0 Å². The number of halogens is 1. The summed E-state index contributed by atoms with van der Waals surface area (Å²) in [5.41, 5.74) is 3.67. The number of hydrogen-bond acceptors (Lipinski definition) is 2. The topological polar surface area (TPSA) is 24.9 Å². The summed E-state index contributed by atoms with van der Waals surface area (Å²) in [6.45, 7) is 2.11. The fraction of sp³-hybridized carbons (Fsp3) is 0.267. The van der Waals surface area contributed by atoms with Gasteiger partial charge in [0.25, 0.3) is 0 Å². The van der Waals surface area contributed by atoms with E-state index in [0.29, 0.717) is 0 Å². The fourth-order valence-electron chi connectivity index (χ4n) is 2.04. The Kier molecular flexibility index (Phi) is 4.50. The van der Waals surface area contributed by atoms with E-state index in [1.54, 1.807) is 0 Å². The maximum absolute atomic E-state index is 4.46. The maximum Gasteiger partial charge on any atom is 0.0451 e. The van der Waals surface area contributed by atoms with Crippen LogP contribution < -0.4 is 5.32 Å². The van der Waals surface area contributed by atoms with E-state index in [1.165, 1.54) is 11.1 Å². The molecule has 0 radical (unpaired) electrons. The molecule has 0 bridgehead atoms. The molecule has 0 amide bonds. The second-order valence-electron chi connectivity index (χ2n) is 4.37. The van der Waals surface area contributed by atoms with Gasteiger partial charge in [-0.15, -0.1) is 0 Å². The predicted molar refractivity (Wildman–Crippen MR) is 78.6 cm³/mol. The highest BCUT2D eigenvalue weighted by Crippen LogP contribution is 2.21. The van der Waals surface area contributed by atoms with Gasteiger partial charge in [0.15, 0.2) is 0 Å². The predicted octanol–water partition coefficient (Wildman–Crippen LogP) is 3.66. The van der Waals surface area contributed by atoms with Crippen LogP contribution in [0.15, 0.2) is 47.1 Å². The zero-order chi connectivity index (χ0) is 13.0. The first kappa shape index (κ1) is 13.2. The Balaban J connectivity index is 2.23. The Morgan fingerprint density at radius 2 is 2.11 bits per heavy atom. The molecule has 1 N–H and O–H groups in total. The van der Waals surface area contributed by atoms with Gasteiger partial charge in [-0.25, -0.2) is 0 Å². The molecule has 0 saturated carbocycles. The van der Waals surface area contributed by atoms with Crippen LogP contribution in [0.1, 0.15) is 22.9 Å². The number of rotatable bonds is 4. The van der Waals surface area contributed by atoms with Crippen molar-refractivity contribution in [3.63, 3.8) is 0 Å². The molecule has 0 fully saturated rings. The number of nitrogens with zero attached hydrogens (tertiary/aromatic N) is 1. The van der Waals surface area contributed by atoms with Gasteiger partial charge in [0.2, 0.25) is 0 Å². The van der Waals surface area contributed by atoms with E-state index in [4.69, 9.17) is 0 Å². The van der Waals surface area contributed by atoms with Crippen molar-refractivity contribution in [2.75, 3.05) is 7.05 Å². The average molecular weight is 305 g/mol. The van der Waals surface area contributed by atoms with Gasteiger partial charge >= 0.3 is 0 Å². The lowest BCUT2D eigenvalue weighted by Crippen LogP contribution is -2.19. The number of benzene rings is 1. The molecule has 1 aromatic carbocycles. The van der Waals surface area contributed by atoms with Gasteiger partial charge in [0, 0.05) is 28.8 Å². The zero-order valence-electron chi connectivity index (χ0n) is 10.7. The van der Waals surface area contributed by atoms with E-state index in [2.05, 4.69) is 57.4 Å². The molecule has 18 heavy (non-hydrogen) atoms. The molecule has 2 aromatic rings. The van der Waals surface area contributed by atoms with Gasteiger partial charge in [-0.3, -0.25) is 4.98 Å². The Labute approximate surface area is 117 Å². The first-order valence-electron chi connectivity index (χ1n) is 6.04. The minimum atomic E-state index is 0.288. The van der Waals surface area contributed by atoms with Gasteiger partial charge in [-0.2, -0.15) is 0 Å². The molecule has 0 saturated heterocycles. The minimum Gasteiger partial charge on any atom is -0.313 e. The molecule has 1 aromatic heterocycles. The van der Waals surface area contributed by atoms with Crippen LogP contribution in [-0.4, -0.2) is 12.0 Å². The summed E-state index contributed by atoms with van der Waals surface area (Å²) in [6.07, 6.45) is 2.76. The van der Waals surface area contributed by atoms with Crippen LogP contribution in [0.25, 0.3) is 0 Å². The highest BCUT2D eigenvalue weighted by atomic mass is 79.9. The second-order valence-corrected chi connectivity index (χ2v) is 5.28. The van der Waals surface area contributed by atoms with E-state index in [-0.39, 0.29) is 6.04 Å². The maximum atomic E-state index is 4.46. The van der Waals surface area contributed by atoms with E-state index in [9.17, 15) is 0 Å². The molecule has 3 heteroatoms. The third-order valence-electron chi connectivity index (χ3n) is 3.11. The first-order chi connectivity index (χ1) is 8.70. The number of pyridine rings is 1. The molecule has 1 unspecified atom stereocenters. The SMILES string of the molecule is CNC(Cc1ncccc1C)c1cccc(Br)c1. The van der Waals surface area contributed by atoms with Gasteiger partial charge in [0.05, 0.1) is 0 Å². The standard InChI is InChI=1S/C15H17BrN2/c1-11-5-4-8-18-14(11)10-15(17-2)12-6-3-7-13(16)9-12/h3-9,15,17H,10H2,1-2H3. The molecule has 1 atom stereocenters. The van der Waals surface area contributed by atoms with E-state index in [0.717, 1.165) is 16.6 Å². The molecule has 2 nitrogen and oxygen atoms in total. The van der Waals surface area contributed by atoms with Gasteiger partial charge in [-0.1, -0.05) is 34.1 Å². The number of likely N-dealkylation sites (N-methyl/N-ethyl adjacent to an activating group) is 1. The number of nitrogens with one attached hydrogen (secondary N) is 1. The molecular weight excluding hydrogens is 288 g/mol. The van der Waals surface area contributed by atoms with Gasteiger partial charge in [-0.05, 0) is 43.3 Å². The van der Waals surface area contributed by atoms with Crippen molar-refractivity contribution in [2.45, 2.75) is 19.4 Å². The summed E-state index contributed by atoms with van der Waals surface area (Å²) in [7, 11) is 1.99. The summed E-state index contributed by atoms with van der Waals surface area (Å²) < 4.78 is 1.11. The van der Waals surface area contributed by atoms with Crippen LogP contribution in [0.4, 0.5) is 0 Å². The van der Waals surface area contributed by atoms with Crippen LogP contribution in [0.5, 0.6) is 0 Å². The number of aryl methyl sites for hydroxylation is 1. The summed E-state index contributed by atoms with van der Waals surface area (Å²) in [5, 5.41) is 3.36. The van der Waals surface area contributed by atoms with Crippen molar-refractivity contribution >= 4 is 15.9 Å². The molecule has 0 aliphatic heterocycles. The summed E-state index contributed by atoms with van der Waals surface area (Å²) in [5.74, 6) is 0. The summed E-state index contributed by atoms with van der Waals surface area (Å²) >= 11 is 3.52. The summed E-state index contributed by atoms with van der Waals surface area (Å²) in [4.78, 5) is 4.46. The van der Waals surface area contributed by atoms with E-state index in [1.807, 2.05) is 25.4 Å². The highest BCUT2D eigenvalue weighted by molar-refractivity contribution is 9.10. The van der Waals surface area contributed by atoms with Crippen molar-refractivity contribution in [1.29, 1.82) is 0 Å². The lowest BCUT2D eigenvalue weighted by atomic mass is 10.00. The Morgan fingerprint density at radius 3 is 2.78 bits per heavy atom. The van der Waals surface area contributed by atoms with Crippen LogP contribution in [0, 0.1) is 6.92 Å². The van der Waals surface area contributed by atoms with Crippen molar-refractivity contribution in [3.8, 4) is 0 Å². The monoisotopic (exact) mass is 304 g/mol. The molecule has 2 rings (SSSR count). The van der Waals surface area contributed by atoms with Crippen LogP contribution in [0.2, 0.25) is 0 Å². The van der Waals surface area contributed by atoms with Crippen molar-refractivity contribution in [1.82, 2.24) is 10.3 Å². The van der Waals surface area contributed by atoms with Crippen LogP contribution in [-0.2, 0) is 6.42 Å². The van der Waals surface area contributed by atoms with Crippen LogP contribution >= 0.6 is 15.9 Å². The van der Waals surface area contributed by atoms with E-state index < -0.39 is 0 Å².